The molecule has 4 rings (SSSR count). The molecule has 0 fully saturated rings. The van der Waals surface area contributed by atoms with Crippen molar-refractivity contribution in [3.8, 4) is 0 Å². The van der Waals surface area contributed by atoms with Crippen LogP contribution in [-0.2, 0) is 5.54 Å². The molecule has 6 heteroatoms. The first-order valence-electron chi connectivity index (χ1n) is 9.21. The third-order valence-corrected chi connectivity index (χ3v) is 5.69. The predicted molar refractivity (Wildman–Crippen MR) is 115 cm³/mol. The van der Waals surface area contributed by atoms with Crippen LogP contribution in [0.25, 0.3) is 0 Å². The van der Waals surface area contributed by atoms with Crippen LogP contribution in [0.2, 0.25) is 10.0 Å². The highest BCUT2D eigenvalue weighted by molar-refractivity contribution is 6.30. The predicted octanol–water partition coefficient (Wildman–Crippen LogP) is 4.80. The van der Waals surface area contributed by atoms with Crippen molar-refractivity contribution >= 4 is 35.0 Å². The van der Waals surface area contributed by atoms with Crippen LogP contribution in [-0.4, -0.2) is 18.4 Å². The Balaban J connectivity index is 1.61. The maximum absolute atomic E-state index is 12.6. The van der Waals surface area contributed by atoms with Gasteiger partial charge in [0.15, 0.2) is 0 Å². The van der Waals surface area contributed by atoms with E-state index in [1.165, 1.54) is 0 Å². The highest BCUT2D eigenvalue weighted by atomic mass is 35.5. The van der Waals surface area contributed by atoms with Gasteiger partial charge in [-0.1, -0.05) is 53.5 Å². The quantitative estimate of drug-likeness (QED) is 0.617. The lowest BCUT2D eigenvalue weighted by molar-refractivity contribution is 0.0934. The first-order chi connectivity index (χ1) is 14.0. The van der Waals surface area contributed by atoms with Crippen molar-refractivity contribution in [1.82, 2.24) is 10.6 Å². The number of carbonyl (C=O) groups excluding carboxylic acids is 2. The first kappa shape index (κ1) is 19.5. The van der Waals surface area contributed by atoms with Crippen molar-refractivity contribution in [3.05, 3.63) is 105 Å². The van der Waals surface area contributed by atoms with E-state index in [1.54, 1.807) is 36.4 Å². The van der Waals surface area contributed by atoms with Gasteiger partial charge in [-0.2, -0.15) is 0 Å². The fraction of sp³-hybridized carbons (Fsp3) is 0.130. The van der Waals surface area contributed by atoms with Crippen LogP contribution < -0.4 is 10.6 Å². The molecule has 0 aliphatic carbocycles. The summed E-state index contributed by atoms with van der Waals surface area (Å²) >= 11 is 11.9. The topological polar surface area (TPSA) is 58.2 Å². The maximum atomic E-state index is 12.6. The van der Waals surface area contributed by atoms with Crippen LogP contribution in [0.3, 0.4) is 0 Å². The molecule has 0 bridgehead atoms. The minimum Gasteiger partial charge on any atom is -0.352 e. The minimum absolute atomic E-state index is 0.125. The lowest BCUT2D eigenvalue weighted by Crippen LogP contribution is -2.43. The lowest BCUT2D eigenvalue weighted by atomic mass is 9.81. The fourth-order valence-electron chi connectivity index (χ4n) is 3.75. The number of amides is 2. The summed E-state index contributed by atoms with van der Waals surface area (Å²) < 4.78 is 0. The van der Waals surface area contributed by atoms with Gasteiger partial charge >= 0.3 is 0 Å². The average Bonchev–Trinajstić information content (AvgIpc) is 3.02. The number of hydrogen-bond acceptors (Lipinski definition) is 2. The van der Waals surface area contributed by atoms with Gasteiger partial charge in [-0.05, 0) is 60.0 Å². The van der Waals surface area contributed by atoms with Gasteiger partial charge in [-0.3, -0.25) is 9.59 Å². The van der Waals surface area contributed by atoms with Crippen molar-refractivity contribution in [2.24, 2.45) is 0 Å². The van der Waals surface area contributed by atoms with E-state index in [9.17, 15) is 9.59 Å². The van der Waals surface area contributed by atoms with Gasteiger partial charge in [0, 0.05) is 27.7 Å². The number of carbonyl (C=O) groups is 2. The van der Waals surface area contributed by atoms with Gasteiger partial charge in [-0.15, -0.1) is 0 Å². The van der Waals surface area contributed by atoms with Crippen LogP contribution in [0, 0.1) is 0 Å². The second-order valence-corrected chi connectivity index (χ2v) is 7.80. The molecule has 1 aliphatic heterocycles. The van der Waals surface area contributed by atoms with E-state index in [1.807, 2.05) is 36.4 Å². The normalized spacial score (nSPS) is 17.5. The van der Waals surface area contributed by atoms with Crippen LogP contribution in [0.5, 0.6) is 0 Å². The lowest BCUT2D eigenvalue weighted by Gasteiger charge is -2.31. The highest BCUT2D eigenvalue weighted by Gasteiger charge is 2.43. The summed E-state index contributed by atoms with van der Waals surface area (Å²) in [5, 5.41) is 7.28. The molecular formula is C23H18Cl2N2O2. The number of fused-ring (bicyclic) bond motifs is 1. The monoisotopic (exact) mass is 424 g/mol. The van der Waals surface area contributed by atoms with Crippen molar-refractivity contribution in [2.45, 2.75) is 12.0 Å². The van der Waals surface area contributed by atoms with Crippen LogP contribution in [0.15, 0.2) is 72.8 Å². The Bertz CT molecular complexity index is 1060. The van der Waals surface area contributed by atoms with Crippen LogP contribution in [0.4, 0.5) is 0 Å². The zero-order valence-corrected chi connectivity index (χ0v) is 16.9. The zero-order valence-electron chi connectivity index (χ0n) is 15.4. The molecule has 1 heterocycles. The van der Waals surface area contributed by atoms with Gasteiger partial charge in [0.05, 0.1) is 5.54 Å². The second kappa shape index (κ2) is 7.90. The molecule has 3 aromatic rings. The Hall–Kier alpha value is -2.82. The molecule has 1 aliphatic rings. The van der Waals surface area contributed by atoms with E-state index in [-0.39, 0.29) is 11.8 Å². The molecule has 0 aromatic heterocycles. The van der Waals surface area contributed by atoms with Crippen molar-refractivity contribution < 1.29 is 9.59 Å². The molecule has 0 saturated heterocycles. The standard InChI is InChI=1S/C23H18Cl2N2O2/c24-17-9-5-15(6-10-17)21(28)26-14-13-23(16-7-11-18(25)12-8-16)20-4-2-1-3-19(20)22(29)27-23/h1-12H,13-14H2,(H,26,28)(H,27,29). The van der Waals surface area contributed by atoms with Crippen molar-refractivity contribution in [1.29, 1.82) is 0 Å². The molecule has 0 saturated carbocycles. The van der Waals surface area contributed by atoms with E-state index in [0.29, 0.717) is 34.1 Å². The van der Waals surface area contributed by atoms with Gasteiger partial charge in [0.1, 0.15) is 0 Å². The van der Waals surface area contributed by atoms with E-state index in [2.05, 4.69) is 10.6 Å². The SMILES string of the molecule is O=C(NCCC1(c2ccc(Cl)cc2)NC(=O)c2ccccc21)c1ccc(Cl)cc1. The van der Waals surface area contributed by atoms with Gasteiger partial charge < -0.3 is 10.6 Å². The summed E-state index contributed by atoms with van der Waals surface area (Å²) in [5.41, 5.74) is 2.26. The summed E-state index contributed by atoms with van der Waals surface area (Å²) in [7, 11) is 0. The number of nitrogens with one attached hydrogen (secondary N) is 2. The van der Waals surface area contributed by atoms with Crippen LogP contribution in [0.1, 0.15) is 38.3 Å². The molecular weight excluding hydrogens is 407 g/mol. The zero-order chi connectivity index (χ0) is 20.4. The second-order valence-electron chi connectivity index (χ2n) is 6.92. The van der Waals surface area contributed by atoms with Gasteiger partial charge in [-0.25, -0.2) is 0 Å². The largest absolute Gasteiger partial charge is 0.352 e. The Morgan fingerprint density at radius 2 is 1.52 bits per heavy atom. The number of benzene rings is 3. The maximum Gasteiger partial charge on any atom is 0.252 e. The molecule has 4 nitrogen and oxygen atoms in total. The Morgan fingerprint density at radius 1 is 0.897 bits per heavy atom. The highest BCUT2D eigenvalue weighted by Crippen LogP contribution is 2.39. The Morgan fingerprint density at radius 3 is 2.21 bits per heavy atom. The Labute approximate surface area is 178 Å². The molecule has 1 atom stereocenters. The molecule has 0 spiro atoms. The molecule has 0 radical (unpaired) electrons. The fourth-order valence-corrected chi connectivity index (χ4v) is 4.00. The molecule has 1 unspecified atom stereocenters. The molecule has 146 valence electrons. The third-order valence-electron chi connectivity index (χ3n) is 5.19. The van der Waals surface area contributed by atoms with E-state index in [0.717, 1.165) is 11.1 Å². The first-order valence-corrected chi connectivity index (χ1v) is 9.97. The smallest absolute Gasteiger partial charge is 0.252 e. The summed E-state index contributed by atoms with van der Waals surface area (Å²) in [6.07, 6.45) is 0.497. The molecule has 2 N–H and O–H groups in total. The summed E-state index contributed by atoms with van der Waals surface area (Å²) in [6, 6.07) is 21.7. The molecule has 3 aromatic carbocycles. The van der Waals surface area contributed by atoms with Gasteiger partial charge in [0.2, 0.25) is 0 Å². The van der Waals surface area contributed by atoms with Crippen molar-refractivity contribution in [2.75, 3.05) is 6.54 Å². The number of halogens is 2. The number of hydrogen-bond donors (Lipinski definition) is 2. The summed E-state index contributed by atoms with van der Waals surface area (Å²) in [6.45, 7) is 0.374. The molecule has 29 heavy (non-hydrogen) atoms. The summed E-state index contributed by atoms with van der Waals surface area (Å²) in [4.78, 5) is 25.1. The Kier molecular flexibility index (Phi) is 5.31. The van der Waals surface area contributed by atoms with E-state index < -0.39 is 5.54 Å². The summed E-state index contributed by atoms with van der Waals surface area (Å²) in [5.74, 6) is -0.315. The minimum atomic E-state index is -0.731. The van der Waals surface area contributed by atoms with E-state index in [4.69, 9.17) is 23.2 Å². The average molecular weight is 425 g/mol. The third kappa shape index (κ3) is 3.74. The van der Waals surface area contributed by atoms with Crippen molar-refractivity contribution in [3.63, 3.8) is 0 Å². The van der Waals surface area contributed by atoms with E-state index >= 15 is 0 Å². The van der Waals surface area contributed by atoms with Crippen LogP contribution >= 0.6 is 23.2 Å². The molecule has 2 amide bonds. The number of rotatable bonds is 5. The van der Waals surface area contributed by atoms with Gasteiger partial charge in [0.25, 0.3) is 11.8 Å².